The first-order valence-corrected chi connectivity index (χ1v) is 12.8. The number of nitrogens with one attached hydrogen (secondary N) is 1. The van der Waals surface area contributed by atoms with Gasteiger partial charge in [-0.3, -0.25) is 9.05 Å². The lowest BCUT2D eigenvalue weighted by Crippen LogP contribution is -2.37. The number of carbonyl (C=O) groups excluding carboxylic acids is 1. The molecular weight excluding hydrogens is 637 g/mol. The Morgan fingerprint density at radius 3 is 2.50 bits per heavy atom. The van der Waals surface area contributed by atoms with E-state index in [1.165, 1.54) is 6.92 Å². The molecule has 0 aromatic heterocycles. The number of hydrogen-bond acceptors (Lipinski definition) is 6. The van der Waals surface area contributed by atoms with Crippen LogP contribution in [-0.2, 0) is 23.1 Å². The monoisotopic (exact) mass is 667 g/mol. The maximum Gasteiger partial charge on any atom is 0.472 e. The zero-order chi connectivity index (χ0) is 23.1. The summed E-state index contributed by atoms with van der Waals surface area (Å²) in [5, 5.41) is 3.22. The summed E-state index contributed by atoms with van der Waals surface area (Å²) in [5.41, 5.74) is 2.14. The predicted octanol–water partition coefficient (Wildman–Crippen LogP) is 3.94. The minimum Gasteiger partial charge on any atom is -0.459 e. The summed E-state index contributed by atoms with van der Waals surface area (Å²) < 4.78 is 30.6. The predicted molar refractivity (Wildman–Crippen MR) is 134 cm³/mol. The van der Waals surface area contributed by atoms with Gasteiger partial charge in [0.1, 0.15) is 25.9 Å². The number of ether oxygens (including phenoxy) is 1. The highest BCUT2D eigenvalue weighted by Gasteiger charge is 2.29. The van der Waals surface area contributed by atoms with Crippen LogP contribution in [0.1, 0.15) is 12.5 Å². The van der Waals surface area contributed by atoms with E-state index in [9.17, 15) is 14.3 Å². The van der Waals surface area contributed by atoms with E-state index in [4.69, 9.17) is 13.8 Å². The Morgan fingerprint density at radius 1 is 1.33 bits per heavy atom. The number of benzene rings is 1. The maximum atomic E-state index is 12.4. The second-order valence-electron chi connectivity index (χ2n) is 7.88. The third kappa shape index (κ3) is 10.9. The lowest BCUT2D eigenvalue weighted by atomic mass is 10.2. The number of likely N-dealkylation sites (N-methyl/N-ethyl adjacent to an activating group) is 1. The van der Waals surface area contributed by atoms with E-state index in [1.807, 2.05) is 40.2 Å². The van der Waals surface area contributed by atoms with Gasteiger partial charge >= 0.3 is 13.8 Å². The van der Waals surface area contributed by atoms with Gasteiger partial charge in [0.15, 0.2) is 0 Å². The fourth-order valence-electron chi connectivity index (χ4n) is 2.21. The van der Waals surface area contributed by atoms with Gasteiger partial charge in [-0.05, 0) is 76.7 Å². The van der Waals surface area contributed by atoms with E-state index in [0.29, 0.717) is 11.0 Å². The number of rotatable bonds is 12. The minimum absolute atomic E-state index is 0.0527. The number of hydrogen-bond donors (Lipinski definition) is 2. The smallest absolute Gasteiger partial charge is 0.459 e. The molecule has 0 heterocycles. The van der Waals surface area contributed by atoms with Gasteiger partial charge in [-0.2, -0.15) is 0 Å². The molecule has 0 bridgehead atoms. The molecule has 170 valence electrons. The Balaban J connectivity index is 2.85. The van der Waals surface area contributed by atoms with Crippen molar-refractivity contribution >= 4 is 64.7 Å². The zero-order valence-corrected chi connectivity index (χ0v) is 23.1. The molecule has 0 aliphatic heterocycles. The van der Waals surface area contributed by atoms with E-state index >= 15 is 0 Å². The van der Waals surface area contributed by atoms with Crippen LogP contribution in [0.25, 0.3) is 0 Å². The average Bonchev–Trinajstić information content (AvgIpc) is 2.56. The molecule has 0 fully saturated rings. The van der Waals surface area contributed by atoms with Crippen molar-refractivity contribution in [1.29, 1.82) is 0 Å². The summed E-state index contributed by atoms with van der Waals surface area (Å²) in [7, 11) is 1.50. The largest absolute Gasteiger partial charge is 0.472 e. The molecule has 0 spiro atoms. The molecule has 0 saturated heterocycles. The van der Waals surface area contributed by atoms with Crippen LogP contribution in [0.3, 0.4) is 0 Å². The van der Waals surface area contributed by atoms with E-state index < -0.39 is 19.9 Å². The Bertz CT molecular complexity index is 790. The van der Waals surface area contributed by atoms with Crippen molar-refractivity contribution in [1.82, 2.24) is 0 Å². The lowest BCUT2D eigenvalue weighted by Gasteiger charge is -2.25. The number of anilines is 1. The van der Waals surface area contributed by atoms with Crippen molar-refractivity contribution in [2.75, 3.05) is 52.8 Å². The molecule has 0 amide bonds. The van der Waals surface area contributed by atoms with Gasteiger partial charge in [0.2, 0.25) is 0 Å². The molecule has 2 atom stereocenters. The van der Waals surface area contributed by atoms with Crippen molar-refractivity contribution in [3.63, 3.8) is 0 Å². The molecule has 11 heteroatoms. The molecule has 0 radical (unpaired) electrons. The molecule has 1 rings (SSSR count). The maximum absolute atomic E-state index is 12.4. The molecule has 1 aromatic rings. The van der Waals surface area contributed by atoms with E-state index in [2.05, 4.69) is 57.1 Å². The quantitative estimate of drug-likeness (QED) is 0.115. The summed E-state index contributed by atoms with van der Waals surface area (Å²) in [6, 6.07) is 4.03. The fourth-order valence-corrected chi connectivity index (χ4v) is 5.42. The van der Waals surface area contributed by atoms with Crippen LogP contribution in [0.15, 0.2) is 24.3 Å². The van der Waals surface area contributed by atoms with Crippen LogP contribution < -0.4 is 5.32 Å². The van der Waals surface area contributed by atoms with Crippen LogP contribution >= 0.6 is 53.0 Å². The van der Waals surface area contributed by atoms with Crippen LogP contribution in [0.2, 0.25) is 0 Å². The fraction of sp³-hybridized carbons (Fsp3) is 0.526. The van der Waals surface area contributed by atoms with Gasteiger partial charge in [-0.25, -0.2) is 9.36 Å². The lowest BCUT2D eigenvalue weighted by molar-refractivity contribution is -0.870. The Labute approximate surface area is 205 Å². The summed E-state index contributed by atoms with van der Waals surface area (Å²) >= 11 is 4.46. The molecule has 2 N–H and O–H groups in total. The van der Waals surface area contributed by atoms with Crippen molar-refractivity contribution < 1.29 is 32.5 Å². The molecule has 8 nitrogen and oxygen atoms in total. The molecular formula is C19H30I2N2O6P+. The zero-order valence-electron chi connectivity index (χ0n) is 17.9. The highest BCUT2D eigenvalue weighted by Crippen LogP contribution is 2.44. The normalized spacial score (nSPS) is 14.7. The van der Waals surface area contributed by atoms with Gasteiger partial charge in [0, 0.05) is 19.3 Å². The second kappa shape index (κ2) is 12.1. The molecule has 0 saturated carbocycles. The van der Waals surface area contributed by atoms with Gasteiger partial charge < -0.3 is 19.4 Å². The number of phosphoric ester groups is 1. The number of carbonyl (C=O) groups is 1. The first-order valence-electron chi connectivity index (χ1n) is 9.18. The number of esters is 1. The first-order chi connectivity index (χ1) is 13.7. The molecule has 30 heavy (non-hydrogen) atoms. The van der Waals surface area contributed by atoms with Crippen molar-refractivity contribution in [3.8, 4) is 0 Å². The standard InChI is InChI=1S/C19H29I2N2O6P/c1-13(2)19(24)27-12-16(29-30(25,26)28-8-7-23(4,5)6)11-22-18-14(3)9-15(20)10-17(18)21/h9-10,16,22H,1,7-8,11-12H2,2-6H3/p+1. The van der Waals surface area contributed by atoms with Crippen molar-refractivity contribution in [3.05, 3.63) is 37.0 Å². The van der Waals surface area contributed by atoms with Crippen molar-refractivity contribution in [2.45, 2.75) is 20.0 Å². The Kier molecular flexibility index (Phi) is 11.2. The third-order valence-electron chi connectivity index (χ3n) is 3.81. The van der Waals surface area contributed by atoms with Crippen molar-refractivity contribution in [2.24, 2.45) is 0 Å². The topological polar surface area (TPSA) is 94.1 Å². The third-order valence-corrected chi connectivity index (χ3v) is 6.35. The van der Waals surface area contributed by atoms with Crippen LogP contribution in [0, 0.1) is 14.1 Å². The minimum atomic E-state index is -4.34. The van der Waals surface area contributed by atoms with E-state index in [-0.39, 0.29) is 25.3 Å². The summed E-state index contributed by atoms with van der Waals surface area (Å²) in [4.78, 5) is 21.9. The van der Waals surface area contributed by atoms with Gasteiger partial charge in [-0.15, -0.1) is 0 Å². The van der Waals surface area contributed by atoms with E-state index in [0.717, 1.165) is 18.4 Å². The Hall–Kier alpha value is -0.240. The number of phosphoric acid groups is 1. The number of halogens is 2. The molecule has 2 unspecified atom stereocenters. The van der Waals surface area contributed by atoms with E-state index in [1.54, 1.807) is 0 Å². The summed E-state index contributed by atoms with van der Waals surface area (Å²) in [6.07, 6.45) is -0.900. The second-order valence-corrected chi connectivity index (χ2v) is 11.7. The summed E-state index contributed by atoms with van der Waals surface area (Å²) in [5.74, 6) is -0.595. The first kappa shape index (κ1) is 27.8. The number of aryl methyl sites for hydroxylation is 1. The molecule has 0 aliphatic rings. The Morgan fingerprint density at radius 2 is 1.97 bits per heavy atom. The highest BCUT2D eigenvalue weighted by atomic mass is 127. The average molecular weight is 667 g/mol. The van der Waals surface area contributed by atoms with Gasteiger partial charge in [-0.1, -0.05) is 6.58 Å². The van der Waals surface area contributed by atoms with Crippen LogP contribution in [0.4, 0.5) is 5.69 Å². The van der Waals surface area contributed by atoms with Gasteiger partial charge in [0.25, 0.3) is 0 Å². The number of quaternary nitrogens is 1. The SMILES string of the molecule is C=C(C)C(=O)OCC(CNc1c(C)cc(I)cc1I)OP(=O)(O)OCC[N+](C)(C)C. The molecule has 1 aromatic carbocycles. The van der Waals surface area contributed by atoms with Gasteiger partial charge in [0.05, 0.1) is 26.8 Å². The molecule has 0 aliphatic carbocycles. The number of nitrogens with zero attached hydrogens (tertiary/aromatic N) is 1. The highest BCUT2D eigenvalue weighted by molar-refractivity contribution is 14.1. The van der Waals surface area contributed by atoms with Crippen LogP contribution in [-0.4, -0.2) is 68.9 Å². The van der Waals surface area contributed by atoms with Crippen LogP contribution in [0.5, 0.6) is 0 Å². The summed E-state index contributed by atoms with van der Waals surface area (Å²) in [6.45, 7) is 7.53.